The molecule has 258 valence electrons. The van der Waals surface area contributed by atoms with E-state index in [1.165, 1.54) is 66.1 Å². The average Bonchev–Trinajstić information content (AvgIpc) is 3.85. The Balaban J connectivity index is 1.02. The van der Waals surface area contributed by atoms with Gasteiger partial charge in [-0.1, -0.05) is 153 Å². The molecule has 2 heteroatoms. The number of para-hydroxylation sites is 2. The van der Waals surface area contributed by atoms with Crippen LogP contribution in [0.15, 0.2) is 179 Å². The predicted molar refractivity (Wildman–Crippen MR) is 230 cm³/mol. The van der Waals surface area contributed by atoms with Gasteiger partial charge < -0.3 is 8.83 Å². The maximum atomic E-state index is 6.68. The smallest absolute Gasteiger partial charge is 0.143 e. The normalized spacial score (nSPS) is 13.4. The average molecular weight is 703 g/mol. The molecule has 55 heavy (non-hydrogen) atoms. The molecule has 0 aliphatic heterocycles. The van der Waals surface area contributed by atoms with E-state index < -0.39 is 0 Å². The SMILES string of the molecule is CC1(C)c2ccc(-c3cccc4c3oc3cc5oc6ccccc6c5cc34)cc2-c2ccc(-c3c4ccccc4c(-c4ccccc4)c4ccccc34)cc21. The van der Waals surface area contributed by atoms with Gasteiger partial charge >= 0.3 is 0 Å². The van der Waals surface area contributed by atoms with Crippen LogP contribution in [0.25, 0.3) is 110 Å². The largest absolute Gasteiger partial charge is 0.456 e. The zero-order chi connectivity index (χ0) is 36.4. The van der Waals surface area contributed by atoms with Crippen LogP contribution in [0.1, 0.15) is 25.0 Å². The summed E-state index contributed by atoms with van der Waals surface area (Å²) in [5, 5.41) is 9.55. The van der Waals surface area contributed by atoms with Crippen LogP contribution >= 0.6 is 0 Å². The summed E-state index contributed by atoms with van der Waals surface area (Å²) in [5.41, 5.74) is 15.9. The molecule has 0 N–H and O–H groups in total. The molecule has 0 unspecified atom stereocenters. The highest BCUT2D eigenvalue weighted by atomic mass is 16.3. The third-order valence-corrected chi connectivity index (χ3v) is 12.3. The lowest BCUT2D eigenvalue weighted by molar-refractivity contribution is 0.656. The Morgan fingerprint density at radius 2 is 0.927 bits per heavy atom. The van der Waals surface area contributed by atoms with Gasteiger partial charge in [0.15, 0.2) is 0 Å². The van der Waals surface area contributed by atoms with Crippen molar-refractivity contribution >= 4 is 65.4 Å². The molecule has 0 saturated heterocycles. The van der Waals surface area contributed by atoms with Crippen LogP contribution in [-0.2, 0) is 5.41 Å². The second-order valence-corrected chi connectivity index (χ2v) is 15.6. The van der Waals surface area contributed by atoms with Gasteiger partial charge in [0.25, 0.3) is 0 Å². The Bertz CT molecular complexity index is 3340. The quantitative estimate of drug-likeness (QED) is 0.171. The molecule has 2 aromatic heterocycles. The van der Waals surface area contributed by atoms with Crippen LogP contribution < -0.4 is 0 Å². The third kappa shape index (κ3) is 4.25. The first-order chi connectivity index (χ1) is 27.0. The molecule has 0 radical (unpaired) electrons. The molecule has 9 aromatic carbocycles. The second-order valence-electron chi connectivity index (χ2n) is 15.6. The Morgan fingerprint density at radius 1 is 0.327 bits per heavy atom. The zero-order valence-corrected chi connectivity index (χ0v) is 30.5. The van der Waals surface area contributed by atoms with Gasteiger partial charge in [0.1, 0.15) is 22.3 Å². The van der Waals surface area contributed by atoms with Crippen molar-refractivity contribution in [2.75, 3.05) is 0 Å². The van der Waals surface area contributed by atoms with E-state index >= 15 is 0 Å². The number of fused-ring (bicyclic) bond motifs is 11. The lowest BCUT2D eigenvalue weighted by Gasteiger charge is -2.23. The highest BCUT2D eigenvalue weighted by Crippen LogP contribution is 2.52. The summed E-state index contributed by atoms with van der Waals surface area (Å²) in [6.45, 7) is 4.74. The highest BCUT2D eigenvalue weighted by Gasteiger charge is 2.36. The minimum absolute atomic E-state index is 0.170. The van der Waals surface area contributed by atoms with Crippen LogP contribution in [0.5, 0.6) is 0 Å². The highest BCUT2D eigenvalue weighted by molar-refractivity contribution is 6.22. The van der Waals surface area contributed by atoms with Crippen molar-refractivity contribution in [2.24, 2.45) is 0 Å². The van der Waals surface area contributed by atoms with Crippen molar-refractivity contribution < 1.29 is 8.83 Å². The molecule has 1 aliphatic rings. The van der Waals surface area contributed by atoms with E-state index in [2.05, 4.69) is 172 Å². The van der Waals surface area contributed by atoms with Crippen LogP contribution in [-0.4, -0.2) is 0 Å². The van der Waals surface area contributed by atoms with Gasteiger partial charge in [-0.05, 0) is 95.9 Å². The first-order valence-corrected chi connectivity index (χ1v) is 19.1. The maximum Gasteiger partial charge on any atom is 0.143 e. The van der Waals surface area contributed by atoms with Crippen LogP contribution in [0.2, 0.25) is 0 Å². The molecule has 1 aliphatic carbocycles. The zero-order valence-electron chi connectivity index (χ0n) is 30.5. The van der Waals surface area contributed by atoms with Crippen molar-refractivity contribution in [1.29, 1.82) is 0 Å². The van der Waals surface area contributed by atoms with E-state index in [1.807, 2.05) is 12.1 Å². The molecule has 12 rings (SSSR count). The van der Waals surface area contributed by atoms with E-state index in [-0.39, 0.29) is 5.41 Å². The summed E-state index contributed by atoms with van der Waals surface area (Å²) in [6, 6.07) is 61.8. The molecule has 0 bridgehead atoms. The molecule has 2 nitrogen and oxygen atoms in total. The molecule has 0 saturated carbocycles. The predicted octanol–water partition coefficient (Wildman–Crippen LogP) is 15.1. The Labute approximate surface area is 317 Å². The lowest BCUT2D eigenvalue weighted by Crippen LogP contribution is -2.15. The van der Waals surface area contributed by atoms with Crippen LogP contribution in [0.4, 0.5) is 0 Å². The summed E-state index contributed by atoms with van der Waals surface area (Å²) in [7, 11) is 0. The number of rotatable bonds is 3. The summed E-state index contributed by atoms with van der Waals surface area (Å²) >= 11 is 0. The molecule has 11 aromatic rings. The Kier molecular flexibility index (Phi) is 6.15. The van der Waals surface area contributed by atoms with Crippen molar-refractivity contribution in [3.05, 3.63) is 181 Å². The monoisotopic (exact) mass is 702 g/mol. The Morgan fingerprint density at radius 3 is 1.67 bits per heavy atom. The minimum Gasteiger partial charge on any atom is -0.456 e. The standard InChI is InChI=1S/C53H34O2/c1-53(2)45-26-24-32(34-20-12-21-41-44-29-43-36-15-10-11-22-47(36)54-48(43)30-49(44)55-52(34)41)27-42(45)35-25-23-33(28-46(35)53)51-39-18-8-6-16-37(39)50(31-13-4-3-5-14-31)38-17-7-9-19-40(38)51/h3-30H,1-2H3. The fourth-order valence-electron chi connectivity index (χ4n) is 9.68. The van der Waals surface area contributed by atoms with Crippen molar-refractivity contribution in [1.82, 2.24) is 0 Å². The molecule has 0 amide bonds. The van der Waals surface area contributed by atoms with Crippen molar-refractivity contribution in [3.63, 3.8) is 0 Å². The van der Waals surface area contributed by atoms with Crippen molar-refractivity contribution in [3.8, 4) is 44.5 Å². The fourth-order valence-corrected chi connectivity index (χ4v) is 9.68. The summed E-state index contributed by atoms with van der Waals surface area (Å²) < 4.78 is 12.9. The molecule has 0 fully saturated rings. The van der Waals surface area contributed by atoms with Gasteiger partial charge in [0, 0.05) is 38.6 Å². The molecule has 0 spiro atoms. The molecule has 0 atom stereocenters. The number of furan rings is 2. The topological polar surface area (TPSA) is 26.3 Å². The number of hydrogen-bond acceptors (Lipinski definition) is 2. The number of benzene rings is 9. The van der Waals surface area contributed by atoms with E-state index in [0.717, 1.165) is 55.0 Å². The molecular formula is C53H34O2. The van der Waals surface area contributed by atoms with Gasteiger partial charge in [0.05, 0.1) is 0 Å². The molecule has 2 heterocycles. The second kappa shape index (κ2) is 11.1. The minimum atomic E-state index is -0.170. The van der Waals surface area contributed by atoms with Gasteiger partial charge in [-0.25, -0.2) is 0 Å². The summed E-state index contributed by atoms with van der Waals surface area (Å²) in [5.74, 6) is 0. The van der Waals surface area contributed by atoms with Crippen molar-refractivity contribution in [2.45, 2.75) is 19.3 Å². The molecular weight excluding hydrogens is 669 g/mol. The van der Waals surface area contributed by atoms with Gasteiger partial charge in [0.2, 0.25) is 0 Å². The van der Waals surface area contributed by atoms with Gasteiger partial charge in [-0.3, -0.25) is 0 Å². The van der Waals surface area contributed by atoms with Gasteiger partial charge in [-0.15, -0.1) is 0 Å². The van der Waals surface area contributed by atoms with E-state index in [0.29, 0.717) is 0 Å². The van der Waals surface area contributed by atoms with Crippen LogP contribution in [0.3, 0.4) is 0 Å². The first-order valence-electron chi connectivity index (χ1n) is 19.1. The van der Waals surface area contributed by atoms with E-state index in [9.17, 15) is 0 Å². The van der Waals surface area contributed by atoms with E-state index in [4.69, 9.17) is 8.83 Å². The third-order valence-electron chi connectivity index (χ3n) is 12.3. The Hall–Kier alpha value is -6.90. The summed E-state index contributed by atoms with van der Waals surface area (Å²) in [6.07, 6.45) is 0. The van der Waals surface area contributed by atoms with Crippen LogP contribution in [0, 0.1) is 0 Å². The van der Waals surface area contributed by atoms with Gasteiger partial charge in [-0.2, -0.15) is 0 Å². The first kappa shape index (κ1) is 30.6. The lowest BCUT2D eigenvalue weighted by atomic mass is 9.80. The van der Waals surface area contributed by atoms with E-state index in [1.54, 1.807) is 0 Å². The fraction of sp³-hybridized carbons (Fsp3) is 0.0566. The summed E-state index contributed by atoms with van der Waals surface area (Å²) in [4.78, 5) is 0. The number of hydrogen-bond donors (Lipinski definition) is 0. The maximum absolute atomic E-state index is 6.68.